The highest BCUT2D eigenvalue weighted by atomic mass is 16.3. The number of ketones is 1. The van der Waals surface area contributed by atoms with E-state index >= 15 is 0 Å². The summed E-state index contributed by atoms with van der Waals surface area (Å²) in [7, 11) is 0. The van der Waals surface area contributed by atoms with Gasteiger partial charge in [0.1, 0.15) is 5.69 Å². The number of furan rings is 1. The molecular weight excluding hydrogens is 194 g/mol. The topological polar surface area (TPSA) is 60.9 Å². The number of nitrogens with zero attached hydrogens (tertiary/aromatic N) is 3. The van der Waals surface area contributed by atoms with Gasteiger partial charge in [0, 0.05) is 6.54 Å². The summed E-state index contributed by atoms with van der Waals surface area (Å²) in [5, 5.41) is 7.56. The number of carbonyl (C=O) groups excluding carboxylic acids is 1. The van der Waals surface area contributed by atoms with E-state index in [-0.39, 0.29) is 5.78 Å². The fraction of sp³-hybridized carbons (Fsp3) is 0.300. The molecule has 0 fully saturated rings. The van der Waals surface area contributed by atoms with Crippen molar-refractivity contribution in [1.82, 2.24) is 15.0 Å². The van der Waals surface area contributed by atoms with Crippen LogP contribution < -0.4 is 0 Å². The molecule has 0 spiro atoms. The maximum Gasteiger partial charge on any atom is 0.247 e. The zero-order valence-electron chi connectivity index (χ0n) is 8.38. The molecular formula is C10H11N3O2. The van der Waals surface area contributed by atoms with Crippen LogP contribution in [0, 0.1) is 0 Å². The minimum Gasteiger partial charge on any atom is -0.461 e. The molecule has 2 aromatic rings. The van der Waals surface area contributed by atoms with Crippen LogP contribution in [0.3, 0.4) is 0 Å². The van der Waals surface area contributed by atoms with E-state index in [0.29, 0.717) is 18.0 Å². The monoisotopic (exact) mass is 205 g/mol. The summed E-state index contributed by atoms with van der Waals surface area (Å²) >= 11 is 0. The van der Waals surface area contributed by atoms with Gasteiger partial charge in [0.25, 0.3) is 0 Å². The third-order valence-electron chi connectivity index (χ3n) is 2.03. The van der Waals surface area contributed by atoms with Gasteiger partial charge in [-0.25, -0.2) is 4.68 Å². The van der Waals surface area contributed by atoms with Crippen molar-refractivity contribution in [2.75, 3.05) is 0 Å². The Kier molecular flexibility index (Phi) is 2.62. The van der Waals surface area contributed by atoms with Gasteiger partial charge in [0.15, 0.2) is 5.76 Å². The minimum absolute atomic E-state index is 0.182. The Labute approximate surface area is 86.7 Å². The summed E-state index contributed by atoms with van der Waals surface area (Å²) < 4.78 is 6.62. The van der Waals surface area contributed by atoms with Gasteiger partial charge < -0.3 is 4.42 Å². The van der Waals surface area contributed by atoms with Crippen molar-refractivity contribution in [2.45, 2.75) is 19.9 Å². The molecule has 0 atom stereocenters. The van der Waals surface area contributed by atoms with Gasteiger partial charge in [0.05, 0.1) is 12.5 Å². The lowest BCUT2D eigenvalue weighted by Gasteiger charge is -2.00. The van der Waals surface area contributed by atoms with Gasteiger partial charge in [-0.15, -0.1) is 5.10 Å². The van der Waals surface area contributed by atoms with Gasteiger partial charge in [-0.2, -0.15) is 0 Å². The molecule has 15 heavy (non-hydrogen) atoms. The minimum atomic E-state index is -0.182. The van der Waals surface area contributed by atoms with Gasteiger partial charge in [-0.3, -0.25) is 4.79 Å². The first-order valence-electron chi connectivity index (χ1n) is 4.79. The number of hydrogen-bond donors (Lipinski definition) is 0. The fourth-order valence-electron chi connectivity index (χ4n) is 1.34. The predicted molar refractivity (Wildman–Crippen MR) is 52.5 cm³/mol. The Morgan fingerprint density at radius 2 is 2.47 bits per heavy atom. The van der Waals surface area contributed by atoms with Gasteiger partial charge in [-0.1, -0.05) is 12.1 Å². The van der Waals surface area contributed by atoms with Crippen molar-refractivity contribution in [3.05, 3.63) is 36.0 Å². The van der Waals surface area contributed by atoms with Crippen LogP contribution in [0.2, 0.25) is 0 Å². The molecule has 0 bridgehead atoms. The Morgan fingerprint density at radius 3 is 3.13 bits per heavy atom. The van der Waals surface area contributed by atoms with Gasteiger partial charge in [-0.05, 0) is 18.6 Å². The van der Waals surface area contributed by atoms with Crippen LogP contribution in [0.25, 0.3) is 0 Å². The average molecular weight is 205 g/mol. The second kappa shape index (κ2) is 4.08. The van der Waals surface area contributed by atoms with E-state index in [0.717, 1.165) is 6.42 Å². The first-order valence-corrected chi connectivity index (χ1v) is 4.79. The Morgan fingerprint density at radius 1 is 1.60 bits per heavy atom. The molecule has 0 radical (unpaired) electrons. The molecule has 5 heteroatoms. The number of hydrogen-bond acceptors (Lipinski definition) is 4. The predicted octanol–water partition coefficient (Wildman–Crippen LogP) is 1.51. The van der Waals surface area contributed by atoms with E-state index in [1.54, 1.807) is 16.8 Å². The van der Waals surface area contributed by atoms with Crippen LogP contribution in [0.5, 0.6) is 0 Å². The van der Waals surface area contributed by atoms with E-state index in [1.165, 1.54) is 12.5 Å². The standard InChI is InChI=1S/C10H11N3O2/c1-2-5-13-8(7-11-12-13)10(14)9-4-3-6-15-9/h3-4,6-7H,2,5H2,1H3. The summed E-state index contributed by atoms with van der Waals surface area (Å²) in [4.78, 5) is 11.9. The smallest absolute Gasteiger partial charge is 0.247 e. The van der Waals surface area contributed by atoms with E-state index in [9.17, 15) is 4.79 Å². The first kappa shape index (κ1) is 9.64. The number of aromatic nitrogens is 3. The molecule has 0 unspecified atom stereocenters. The highest BCUT2D eigenvalue weighted by Gasteiger charge is 2.16. The third-order valence-corrected chi connectivity index (χ3v) is 2.03. The lowest BCUT2D eigenvalue weighted by Crippen LogP contribution is -2.10. The van der Waals surface area contributed by atoms with Crippen LogP contribution >= 0.6 is 0 Å². The van der Waals surface area contributed by atoms with Crippen molar-refractivity contribution < 1.29 is 9.21 Å². The summed E-state index contributed by atoms with van der Waals surface area (Å²) in [6, 6.07) is 3.31. The number of carbonyl (C=O) groups is 1. The fourth-order valence-corrected chi connectivity index (χ4v) is 1.34. The first-order chi connectivity index (χ1) is 7.33. The SMILES string of the molecule is CCCn1nncc1C(=O)c1ccco1. The molecule has 0 saturated heterocycles. The van der Waals surface area contributed by atoms with Crippen molar-refractivity contribution in [2.24, 2.45) is 0 Å². The maximum absolute atomic E-state index is 11.9. The molecule has 2 aromatic heterocycles. The van der Waals surface area contributed by atoms with Crippen molar-refractivity contribution in [3.8, 4) is 0 Å². The Bertz CT molecular complexity index is 445. The summed E-state index contributed by atoms with van der Waals surface area (Å²) in [5.41, 5.74) is 0.465. The summed E-state index contributed by atoms with van der Waals surface area (Å²) in [6.07, 6.45) is 3.84. The van der Waals surface area contributed by atoms with Crippen molar-refractivity contribution >= 4 is 5.78 Å². The Balaban J connectivity index is 2.29. The highest BCUT2D eigenvalue weighted by Crippen LogP contribution is 2.09. The highest BCUT2D eigenvalue weighted by molar-refractivity contribution is 6.05. The second-order valence-corrected chi connectivity index (χ2v) is 3.15. The second-order valence-electron chi connectivity index (χ2n) is 3.15. The van der Waals surface area contributed by atoms with Crippen LogP contribution in [-0.2, 0) is 6.54 Å². The van der Waals surface area contributed by atoms with E-state index in [1.807, 2.05) is 6.92 Å². The van der Waals surface area contributed by atoms with Crippen LogP contribution in [-0.4, -0.2) is 20.8 Å². The molecule has 0 N–H and O–H groups in total. The van der Waals surface area contributed by atoms with E-state index < -0.39 is 0 Å². The van der Waals surface area contributed by atoms with Crippen LogP contribution in [0.1, 0.15) is 29.6 Å². The number of aryl methyl sites for hydroxylation is 1. The molecule has 0 aliphatic rings. The molecule has 0 amide bonds. The lowest BCUT2D eigenvalue weighted by molar-refractivity contribution is 0.0999. The van der Waals surface area contributed by atoms with Gasteiger partial charge >= 0.3 is 0 Å². The normalized spacial score (nSPS) is 10.5. The molecule has 0 saturated carbocycles. The van der Waals surface area contributed by atoms with Crippen LogP contribution in [0.4, 0.5) is 0 Å². The Hall–Kier alpha value is -1.91. The van der Waals surface area contributed by atoms with Crippen LogP contribution in [0.15, 0.2) is 29.0 Å². The summed E-state index contributed by atoms with van der Waals surface area (Å²) in [5.74, 6) is 0.133. The zero-order valence-corrected chi connectivity index (χ0v) is 8.38. The maximum atomic E-state index is 11.9. The molecule has 2 rings (SSSR count). The average Bonchev–Trinajstić information content (AvgIpc) is 2.87. The molecule has 0 aromatic carbocycles. The molecule has 2 heterocycles. The third kappa shape index (κ3) is 1.81. The lowest BCUT2D eigenvalue weighted by atomic mass is 10.2. The number of rotatable bonds is 4. The van der Waals surface area contributed by atoms with E-state index in [2.05, 4.69) is 10.3 Å². The molecule has 0 aliphatic carbocycles. The molecule has 5 nitrogen and oxygen atoms in total. The van der Waals surface area contributed by atoms with E-state index in [4.69, 9.17) is 4.42 Å². The quantitative estimate of drug-likeness (QED) is 0.710. The van der Waals surface area contributed by atoms with Crippen molar-refractivity contribution in [1.29, 1.82) is 0 Å². The summed E-state index contributed by atoms with van der Waals surface area (Å²) in [6.45, 7) is 2.70. The molecule has 78 valence electrons. The van der Waals surface area contributed by atoms with Crippen molar-refractivity contribution in [3.63, 3.8) is 0 Å². The zero-order chi connectivity index (χ0) is 10.7. The van der Waals surface area contributed by atoms with Gasteiger partial charge in [0.2, 0.25) is 5.78 Å². The molecule has 0 aliphatic heterocycles. The largest absolute Gasteiger partial charge is 0.461 e.